The summed E-state index contributed by atoms with van der Waals surface area (Å²) >= 11 is 1.26. The molecule has 0 saturated carbocycles. The molecule has 5 heteroatoms. The second kappa shape index (κ2) is 15.9. The highest BCUT2D eigenvalue weighted by Gasteiger charge is 2.51. The molecular formula is C67H42N4S. The first-order valence-electron chi connectivity index (χ1n) is 24.6. The monoisotopic (exact) mass is 934 g/mol. The van der Waals surface area contributed by atoms with E-state index in [0.717, 1.165) is 50.4 Å². The van der Waals surface area contributed by atoms with Gasteiger partial charge in [-0.05, 0) is 139 Å². The number of fused-ring (bicyclic) bond motifs is 14. The quantitative estimate of drug-likeness (QED) is 0.160. The van der Waals surface area contributed by atoms with E-state index in [-0.39, 0.29) is 0 Å². The average Bonchev–Trinajstić information content (AvgIpc) is 4.22. The Morgan fingerprint density at radius 2 is 0.806 bits per heavy atom. The Bertz CT molecular complexity index is 4120. The van der Waals surface area contributed by atoms with Crippen molar-refractivity contribution in [3.05, 3.63) is 277 Å². The minimum atomic E-state index is -0.424. The van der Waals surface area contributed by atoms with Crippen molar-refractivity contribution in [1.82, 2.24) is 13.3 Å². The van der Waals surface area contributed by atoms with Gasteiger partial charge in [0.1, 0.15) is 11.0 Å². The van der Waals surface area contributed by atoms with Crippen LogP contribution in [0.15, 0.2) is 255 Å². The molecule has 1 spiro atoms. The van der Waals surface area contributed by atoms with Crippen LogP contribution >= 0.6 is 11.7 Å². The van der Waals surface area contributed by atoms with Gasteiger partial charge < -0.3 is 9.47 Å². The minimum absolute atomic E-state index is 0.424. The number of para-hydroxylation sites is 1. The van der Waals surface area contributed by atoms with E-state index >= 15 is 0 Å². The van der Waals surface area contributed by atoms with Crippen molar-refractivity contribution in [1.29, 1.82) is 0 Å². The van der Waals surface area contributed by atoms with Gasteiger partial charge in [0.25, 0.3) is 0 Å². The predicted octanol–water partition coefficient (Wildman–Crippen LogP) is 17.6. The maximum atomic E-state index is 5.05. The van der Waals surface area contributed by atoms with Gasteiger partial charge in [-0.2, -0.15) is 8.75 Å². The molecule has 11 aromatic carbocycles. The fourth-order valence-corrected chi connectivity index (χ4v) is 12.8. The maximum absolute atomic E-state index is 5.05. The summed E-state index contributed by atoms with van der Waals surface area (Å²) in [7, 11) is 0. The number of rotatable bonds is 7. The molecule has 0 radical (unpaired) electrons. The first kappa shape index (κ1) is 40.7. The molecule has 0 bridgehead atoms. The molecule has 15 rings (SSSR count). The van der Waals surface area contributed by atoms with Crippen LogP contribution in [0.3, 0.4) is 0 Å². The topological polar surface area (TPSA) is 34.0 Å². The van der Waals surface area contributed by atoms with Crippen LogP contribution in [0.4, 0.5) is 17.1 Å². The smallest absolute Gasteiger partial charge is 0.129 e. The van der Waals surface area contributed by atoms with Crippen molar-refractivity contribution in [2.75, 3.05) is 4.90 Å². The Labute approximate surface area is 421 Å². The predicted molar refractivity (Wildman–Crippen MR) is 299 cm³/mol. The lowest BCUT2D eigenvalue weighted by Crippen LogP contribution is -2.26. The zero-order valence-electron chi connectivity index (χ0n) is 38.9. The van der Waals surface area contributed by atoms with E-state index < -0.39 is 5.41 Å². The summed E-state index contributed by atoms with van der Waals surface area (Å²) in [6.07, 6.45) is 0. The third kappa shape index (κ3) is 5.92. The average molecular weight is 935 g/mol. The number of anilines is 3. The van der Waals surface area contributed by atoms with Crippen LogP contribution in [0.25, 0.3) is 94.2 Å². The molecule has 2 aliphatic rings. The van der Waals surface area contributed by atoms with Gasteiger partial charge in [-0.3, -0.25) is 0 Å². The van der Waals surface area contributed by atoms with Crippen LogP contribution in [0, 0.1) is 0 Å². The molecule has 2 aromatic heterocycles. The zero-order chi connectivity index (χ0) is 47.3. The summed E-state index contributed by atoms with van der Waals surface area (Å²) in [5.41, 5.74) is 25.3. The molecule has 13 aromatic rings. The Kier molecular flexibility index (Phi) is 9.01. The molecule has 0 aliphatic heterocycles. The third-order valence-corrected chi connectivity index (χ3v) is 15.9. The van der Waals surface area contributed by atoms with E-state index in [1.165, 1.54) is 94.8 Å². The molecule has 0 fully saturated rings. The molecule has 0 unspecified atom stereocenters. The number of aromatic nitrogens is 3. The van der Waals surface area contributed by atoms with Gasteiger partial charge in [0, 0.05) is 33.4 Å². The third-order valence-electron chi connectivity index (χ3n) is 15.3. The van der Waals surface area contributed by atoms with Crippen molar-refractivity contribution in [3.63, 3.8) is 0 Å². The molecule has 336 valence electrons. The zero-order valence-corrected chi connectivity index (χ0v) is 39.8. The van der Waals surface area contributed by atoms with Crippen LogP contribution in [0.5, 0.6) is 0 Å². The second-order valence-corrected chi connectivity index (χ2v) is 19.5. The first-order valence-corrected chi connectivity index (χ1v) is 25.3. The summed E-state index contributed by atoms with van der Waals surface area (Å²) in [5, 5.41) is 2.40. The van der Waals surface area contributed by atoms with Crippen molar-refractivity contribution in [2.45, 2.75) is 5.41 Å². The Morgan fingerprint density at radius 1 is 0.333 bits per heavy atom. The lowest BCUT2D eigenvalue weighted by molar-refractivity contribution is 0.792. The molecule has 0 atom stereocenters. The van der Waals surface area contributed by atoms with Crippen LogP contribution in [0.2, 0.25) is 0 Å². The van der Waals surface area contributed by atoms with E-state index in [1.807, 2.05) is 0 Å². The maximum Gasteiger partial charge on any atom is 0.129 e. The lowest BCUT2D eigenvalue weighted by Gasteiger charge is -2.30. The molecular weight excluding hydrogens is 893 g/mol. The van der Waals surface area contributed by atoms with E-state index in [2.05, 4.69) is 264 Å². The van der Waals surface area contributed by atoms with Gasteiger partial charge in [0.2, 0.25) is 0 Å². The second-order valence-electron chi connectivity index (χ2n) is 19.0. The van der Waals surface area contributed by atoms with Gasteiger partial charge in [-0.25, -0.2) is 0 Å². The Hall–Kier alpha value is -9.16. The number of hydrogen-bond acceptors (Lipinski definition) is 4. The molecule has 2 aliphatic carbocycles. The SMILES string of the molecule is c1ccc(-c2ccc(N(c3ccc(-c4ccccc4)cc3)c3ccc(-c4ccc5c(c4)c4ccccc4n5-c4ccc5c(c4)C4(c6ccccc6-c6ccccc64)c4ccccc4-5)c4nsnc34)cc2)cc1. The number of benzene rings is 11. The van der Waals surface area contributed by atoms with Gasteiger partial charge in [-0.1, -0.05) is 188 Å². The molecule has 0 saturated heterocycles. The van der Waals surface area contributed by atoms with Gasteiger partial charge in [0.15, 0.2) is 0 Å². The van der Waals surface area contributed by atoms with Crippen LogP contribution in [0.1, 0.15) is 22.3 Å². The fraction of sp³-hybridized carbons (Fsp3) is 0.0149. The first-order chi connectivity index (χ1) is 35.7. The van der Waals surface area contributed by atoms with E-state index in [4.69, 9.17) is 8.75 Å². The normalized spacial score (nSPS) is 12.8. The largest absolute Gasteiger partial charge is 0.309 e. The van der Waals surface area contributed by atoms with Gasteiger partial charge in [-0.15, -0.1) is 0 Å². The highest BCUT2D eigenvalue weighted by Crippen LogP contribution is 2.63. The summed E-state index contributed by atoms with van der Waals surface area (Å²) in [5.74, 6) is 0. The summed E-state index contributed by atoms with van der Waals surface area (Å²) < 4.78 is 12.6. The van der Waals surface area contributed by atoms with Crippen LogP contribution < -0.4 is 4.90 Å². The van der Waals surface area contributed by atoms with E-state index in [1.54, 1.807) is 0 Å². The molecule has 2 heterocycles. The van der Waals surface area contributed by atoms with E-state index in [0.29, 0.717) is 0 Å². The van der Waals surface area contributed by atoms with Gasteiger partial charge >= 0.3 is 0 Å². The molecule has 72 heavy (non-hydrogen) atoms. The Balaban J connectivity index is 0.867. The summed E-state index contributed by atoms with van der Waals surface area (Å²) in [4.78, 5) is 2.32. The molecule has 0 amide bonds. The van der Waals surface area contributed by atoms with Gasteiger partial charge in [0.05, 0.1) is 33.9 Å². The van der Waals surface area contributed by atoms with Crippen LogP contribution in [-0.4, -0.2) is 13.3 Å². The van der Waals surface area contributed by atoms with Crippen molar-refractivity contribution < 1.29 is 0 Å². The fourth-order valence-electron chi connectivity index (χ4n) is 12.2. The number of nitrogens with zero attached hydrogens (tertiary/aromatic N) is 4. The van der Waals surface area contributed by atoms with Crippen molar-refractivity contribution >= 4 is 61.6 Å². The Morgan fingerprint density at radius 3 is 1.42 bits per heavy atom. The highest BCUT2D eigenvalue weighted by atomic mass is 32.1. The highest BCUT2D eigenvalue weighted by molar-refractivity contribution is 7.00. The van der Waals surface area contributed by atoms with Crippen molar-refractivity contribution in [2.24, 2.45) is 0 Å². The minimum Gasteiger partial charge on any atom is -0.309 e. The summed E-state index contributed by atoms with van der Waals surface area (Å²) in [6, 6.07) is 93.2. The van der Waals surface area contributed by atoms with Crippen LogP contribution in [-0.2, 0) is 5.41 Å². The molecule has 4 nitrogen and oxygen atoms in total. The van der Waals surface area contributed by atoms with E-state index in [9.17, 15) is 0 Å². The van der Waals surface area contributed by atoms with Crippen molar-refractivity contribution in [3.8, 4) is 61.3 Å². The number of hydrogen-bond donors (Lipinski definition) is 0. The molecule has 0 N–H and O–H groups in total. The lowest BCUT2D eigenvalue weighted by atomic mass is 9.70. The standard InChI is InChI=1S/C67H42N4S/c1-3-15-43(16-4-1)45-27-32-48(33-28-45)70(49-34-29-46(30-35-49)44-17-5-2-6-18-44)64-40-38-51(65-66(64)69-72-68-65)47-31-39-63-57(41-47)56-22-10-14-26-62(56)71(63)50-36-37-55-54-21-9-13-25-60(54)67(61(55)42-50)58-23-11-7-19-52(58)53-20-8-12-24-59(53)67/h1-42H. The summed E-state index contributed by atoms with van der Waals surface area (Å²) in [6.45, 7) is 0.